The van der Waals surface area contributed by atoms with Crippen LogP contribution in [0.25, 0.3) is 11.1 Å². The lowest BCUT2D eigenvalue weighted by Crippen LogP contribution is -2.10. The van der Waals surface area contributed by atoms with Gasteiger partial charge in [-0.15, -0.1) is 0 Å². The second-order valence-electron chi connectivity index (χ2n) is 4.14. The highest BCUT2D eigenvalue weighted by molar-refractivity contribution is 5.78. The maximum absolute atomic E-state index is 5.67. The molecule has 0 spiro atoms. The van der Waals surface area contributed by atoms with E-state index in [4.69, 9.17) is 10.2 Å². The minimum atomic E-state index is 0.570. The monoisotopic (exact) mass is 219 g/mol. The number of nitrogens with two attached hydrogens (primary N) is 1. The van der Waals surface area contributed by atoms with Crippen molar-refractivity contribution in [1.82, 2.24) is 4.98 Å². The molecule has 2 rings (SSSR count). The number of nitrogen functional groups attached to an aromatic ring is 1. The second kappa shape index (κ2) is 4.43. The van der Waals surface area contributed by atoms with Crippen molar-refractivity contribution in [2.45, 2.75) is 20.3 Å². The summed E-state index contributed by atoms with van der Waals surface area (Å²) in [5, 5.41) is 3.19. The van der Waals surface area contributed by atoms with Crippen LogP contribution in [-0.2, 0) is 0 Å². The minimum Gasteiger partial charge on any atom is -0.423 e. The summed E-state index contributed by atoms with van der Waals surface area (Å²) in [6.07, 6.45) is 1.14. The zero-order valence-corrected chi connectivity index (χ0v) is 9.66. The fraction of sp³-hybridized carbons (Fsp3) is 0.417. The van der Waals surface area contributed by atoms with Crippen LogP contribution in [0.4, 0.5) is 11.7 Å². The fourth-order valence-electron chi connectivity index (χ4n) is 1.42. The van der Waals surface area contributed by atoms with Gasteiger partial charge >= 0.3 is 0 Å². The lowest BCUT2D eigenvalue weighted by Gasteiger charge is -2.07. The molecule has 16 heavy (non-hydrogen) atoms. The van der Waals surface area contributed by atoms with Gasteiger partial charge in [-0.3, -0.25) is 0 Å². The summed E-state index contributed by atoms with van der Waals surface area (Å²) in [6, 6.07) is 6.05. The number of hydrogen-bond acceptors (Lipinski definition) is 4. The number of aromatic nitrogens is 1. The van der Waals surface area contributed by atoms with Crippen molar-refractivity contribution in [3.8, 4) is 0 Å². The van der Waals surface area contributed by atoms with Crippen LogP contribution in [0.3, 0.4) is 0 Å². The molecule has 1 unspecified atom stereocenters. The molecule has 2 aromatic rings. The molecule has 4 nitrogen and oxygen atoms in total. The Morgan fingerprint density at radius 3 is 3.06 bits per heavy atom. The van der Waals surface area contributed by atoms with Crippen LogP contribution in [0.2, 0.25) is 0 Å². The molecule has 1 aromatic heterocycles. The molecule has 4 heteroatoms. The summed E-state index contributed by atoms with van der Waals surface area (Å²) in [6.45, 7) is 5.23. The van der Waals surface area contributed by atoms with Gasteiger partial charge < -0.3 is 15.5 Å². The van der Waals surface area contributed by atoms with Gasteiger partial charge in [-0.05, 0) is 18.1 Å². The van der Waals surface area contributed by atoms with E-state index in [-0.39, 0.29) is 0 Å². The van der Waals surface area contributed by atoms with Crippen molar-refractivity contribution in [1.29, 1.82) is 0 Å². The van der Waals surface area contributed by atoms with Gasteiger partial charge in [-0.1, -0.05) is 20.3 Å². The normalized spacial score (nSPS) is 12.9. The standard InChI is InChI=1S/C12H17N3O/c1-3-8(2)7-14-12-15-10-5-4-9(13)6-11(10)16-12/h4-6,8H,3,7,13H2,1-2H3,(H,14,15). The molecule has 1 heterocycles. The second-order valence-corrected chi connectivity index (χ2v) is 4.14. The quantitative estimate of drug-likeness (QED) is 0.776. The molecule has 1 aromatic carbocycles. The number of nitrogens with zero attached hydrogens (tertiary/aromatic N) is 1. The van der Waals surface area contributed by atoms with Gasteiger partial charge in [0, 0.05) is 18.3 Å². The molecule has 0 aliphatic carbocycles. The molecule has 1 atom stereocenters. The molecular weight excluding hydrogens is 202 g/mol. The van der Waals surface area contributed by atoms with Crippen LogP contribution in [-0.4, -0.2) is 11.5 Å². The Labute approximate surface area is 94.8 Å². The first-order chi connectivity index (χ1) is 7.69. The Bertz CT molecular complexity index is 478. The third-order valence-electron chi connectivity index (χ3n) is 2.71. The number of oxazole rings is 1. The third-order valence-corrected chi connectivity index (χ3v) is 2.71. The van der Waals surface area contributed by atoms with Crippen molar-refractivity contribution >= 4 is 22.8 Å². The summed E-state index contributed by atoms with van der Waals surface area (Å²) in [5.74, 6) is 0.611. The van der Waals surface area contributed by atoms with E-state index in [0.717, 1.165) is 24.1 Å². The Morgan fingerprint density at radius 2 is 2.31 bits per heavy atom. The summed E-state index contributed by atoms with van der Waals surface area (Å²) in [4.78, 5) is 4.33. The highest BCUT2D eigenvalue weighted by Crippen LogP contribution is 2.21. The first-order valence-corrected chi connectivity index (χ1v) is 5.59. The Balaban J connectivity index is 2.13. The average molecular weight is 219 g/mol. The van der Waals surface area contributed by atoms with E-state index in [1.165, 1.54) is 0 Å². The van der Waals surface area contributed by atoms with Crippen LogP contribution in [0.1, 0.15) is 20.3 Å². The molecule has 0 aliphatic heterocycles. The average Bonchev–Trinajstić information content (AvgIpc) is 2.67. The van der Waals surface area contributed by atoms with E-state index in [2.05, 4.69) is 24.1 Å². The van der Waals surface area contributed by atoms with E-state index in [0.29, 0.717) is 17.6 Å². The van der Waals surface area contributed by atoms with Crippen molar-refractivity contribution in [2.75, 3.05) is 17.6 Å². The van der Waals surface area contributed by atoms with Crippen molar-refractivity contribution in [3.63, 3.8) is 0 Å². The number of nitrogens with one attached hydrogen (secondary N) is 1. The zero-order chi connectivity index (χ0) is 11.5. The van der Waals surface area contributed by atoms with Gasteiger partial charge in [0.15, 0.2) is 5.58 Å². The van der Waals surface area contributed by atoms with E-state index in [9.17, 15) is 0 Å². The molecule has 0 bridgehead atoms. The predicted octanol–water partition coefficient (Wildman–Crippen LogP) is 2.87. The van der Waals surface area contributed by atoms with Crippen LogP contribution in [0, 0.1) is 5.92 Å². The summed E-state index contributed by atoms with van der Waals surface area (Å²) >= 11 is 0. The lowest BCUT2D eigenvalue weighted by atomic mass is 10.1. The molecule has 0 saturated carbocycles. The van der Waals surface area contributed by atoms with E-state index < -0.39 is 0 Å². The third kappa shape index (κ3) is 2.27. The van der Waals surface area contributed by atoms with E-state index in [1.807, 2.05) is 12.1 Å². The first-order valence-electron chi connectivity index (χ1n) is 5.59. The van der Waals surface area contributed by atoms with Gasteiger partial charge in [0.05, 0.1) is 0 Å². The van der Waals surface area contributed by atoms with Crippen molar-refractivity contribution in [3.05, 3.63) is 18.2 Å². The van der Waals surface area contributed by atoms with Crippen molar-refractivity contribution < 1.29 is 4.42 Å². The Kier molecular flexibility index (Phi) is 2.99. The van der Waals surface area contributed by atoms with E-state index in [1.54, 1.807) is 6.07 Å². The number of anilines is 2. The van der Waals surface area contributed by atoms with E-state index >= 15 is 0 Å². The number of benzene rings is 1. The predicted molar refractivity (Wildman–Crippen MR) is 66.4 cm³/mol. The summed E-state index contributed by atoms with van der Waals surface area (Å²) in [5.41, 5.74) is 7.92. The topological polar surface area (TPSA) is 64.1 Å². The molecule has 0 amide bonds. The zero-order valence-electron chi connectivity index (χ0n) is 9.66. The first kappa shape index (κ1) is 10.8. The maximum Gasteiger partial charge on any atom is 0.295 e. The molecular formula is C12H17N3O. The van der Waals surface area contributed by atoms with Gasteiger partial charge in [0.2, 0.25) is 0 Å². The molecule has 86 valence electrons. The highest BCUT2D eigenvalue weighted by Gasteiger charge is 2.06. The highest BCUT2D eigenvalue weighted by atomic mass is 16.4. The van der Waals surface area contributed by atoms with Crippen LogP contribution >= 0.6 is 0 Å². The Morgan fingerprint density at radius 1 is 1.50 bits per heavy atom. The number of rotatable bonds is 4. The summed E-state index contributed by atoms with van der Waals surface area (Å²) in [7, 11) is 0. The van der Waals surface area contributed by atoms with Gasteiger partial charge in [-0.25, -0.2) is 0 Å². The number of fused-ring (bicyclic) bond motifs is 1. The minimum absolute atomic E-state index is 0.570. The van der Waals surface area contributed by atoms with Crippen LogP contribution in [0.5, 0.6) is 0 Å². The number of hydrogen-bond donors (Lipinski definition) is 2. The van der Waals surface area contributed by atoms with Gasteiger partial charge in [0.1, 0.15) is 5.52 Å². The largest absolute Gasteiger partial charge is 0.423 e. The van der Waals surface area contributed by atoms with Crippen LogP contribution in [0.15, 0.2) is 22.6 Å². The molecule has 0 radical (unpaired) electrons. The molecule has 3 N–H and O–H groups in total. The maximum atomic E-state index is 5.67. The molecule has 0 fully saturated rings. The van der Waals surface area contributed by atoms with Gasteiger partial charge in [-0.2, -0.15) is 4.98 Å². The fourth-order valence-corrected chi connectivity index (χ4v) is 1.42. The smallest absolute Gasteiger partial charge is 0.295 e. The SMILES string of the molecule is CCC(C)CNc1nc2ccc(N)cc2o1. The molecule has 0 aliphatic rings. The summed E-state index contributed by atoms with van der Waals surface area (Å²) < 4.78 is 5.54. The lowest BCUT2D eigenvalue weighted by molar-refractivity contribution is 0.563. The Hall–Kier alpha value is -1.71. The van der Waals surface area contributed by atoms with Crippen molar-refractivity contribution in [2.24, 2.45) is 5.92 Å². The molecule has 0 saturated heterocycles. The van der Waals surface area contributed by atoms with Gasteiger partial charge in [0.25, 0.3) is 6.01 Å². The van der Waals surface area contributed by atoms with Crippen LogP contribution < -0.4 is 11.1 Å².